The molecule has 0 spiro atoms. The van der Waals surface area contributed by atoms with E-state index in [0.717, 1.165) is 0 Å². The number of anilines is 1. The number of carbonyl (C=O) groups is 1. The summed E-state index contributed by atoms with van der Waals surface area (Å²) < 4.78 is 1.74. The second-order valence-electron chi connectivity index (χ2n) is 3.38. The Balaban J connectivity index is 2.25. The fourth-order valence-electron chi connectivity index (χ4n) is 1.38. The molecule has 7 heteroatoms. The minimum absolute atomic E-state index is 0.0629. The van der Waals surface area contributed by atoms with E-state index >= 15 is 0 Å². The number of fused-ring (bicyclic) bond motifs is 1. The fourth-order valence-corrected chi connectivity index (χ4v) is 1.38. The van der Waals surface area contributed by atoms with E-state index in [4.69, 9.17) is 5.11 Å². The summed E-state index contributed by atoms with van der Waals surface area (Å²) in [5.74, 6) is -0.207. The number of aromatic nitrogens is 4. The maximum atomic E-state index is 10.5. The van der Waals surface area contributed by atoms with Gasteiger partial charge in [0.15, 0.2) is 5.82 Å². The van der Waals surface area contributed by atoms with Gasteiger partial charge in [-0.05, 0) is 0 Å². The Morgan fingerprint density at radius 3 is 3.19 bits per heavy atom. The zero-order chi connectivity index (χ0) is 11.5. The van der Waals surface area contributed by atoms with Gasteiger partial charge in [0.05, 0.1) is 6.42 Å². The van der Waals surface area contributed by atoms with E-state index in [2.05, 4.69) is 15.2 Å². The molecule has 0 aliphatic rings. The molecule has 2 heterocycles. The van der Waals surface area contributed by atoms with Crippen LogP contribution >= 0.6 is 0 Å². The van der Waals surface area contributed by atoms with Crippen LogP contribution in [-0.4, -0.2) is 44.3 Å². The van der Waals surface area contributed by atoms with Crippen LogP contribution in [0.1, 0.15) is 6.42 Å². The molecule has 16 heavy (non-hydrogen) atoms. The molecule has 0 bridgehead atoms. The second-order valence-corrected chi connectivity index (χ2v) is 3.38. The summed E-state index contributed by atoms with van der Waals surface area (Å²) in [7, 11) is 1.78. The van der Waals surface area contributed by atoms with Crippen molar-refractivity contribution in [2.75, 3.05) is 18.5 Å². The summed E-state index contributed by atoms with van der Waals surface area (Å²) in [6.07, 6.45) is 5.01. The second kappa shape index (κ2) is 4.13. The summed E-state index contributed by atoms with van der Waals surface area (Å²) in [5, 5.41) is 16.3. The number of hydrogen-bond acceptors (Lipinski definition) is 5. The molecule has 0 aliphatic carbocycles. The average molecular weight is 221 g/mol. The topological polar surface area (TPSA) is 83.6 Å². The first-order valence-corrected chi connectivity index (χ1v) is 4.76. The number of nitrogens with zero attached hydrogens (tertiary/aromatic N) is 5. The highest BCUT2D eigenvalue weighted by Crippen LogP contribution is 2.14. The minimum atomic E-state index is -0.833. The van der Waals surface area contributed by atoms with Crippen LogP contribution in [0.3, 0.4) is 0 Å². The quantitative estimate of drug-likeness (QED) is 0.784. The van der Waals surface area contributed by atoms with Crippen molar-refractivity contribution in [3.8, 4) is 0 Å². The van der Waals surface area contributed by atoms with Gasteiger partial charge in [-0.25, -0.2) is 4.98 Å². The molecular weight excluding hydrogens is 210 g/mol. The molecule has 0 aliphatic heterocycles. The largest absolute Gasteiger partial charge is 0.481 e. The zero-order valence-corrected chi connectivity index (χ0v) is 8.74. The van der Waals surface area contributed by atoms with Gasteiger partial charge in [-0.2, -0.15) is 0 Å². The zero-order valence-electron chi connectivity index (χ0n) is 8.74. The number of hydrogen-bond donors (Lipinski definition) is 1. The molecule has 7 nitrogen and oxygen atoms in total. The standard InChI is InChI=1S/C9H11N5O2/c1-13(4-2-7(15)16)8-9-12-11-6-14(9)5-3-10-8/h3,5-6H,2,4H2,1H3,(H,15,16). The van der Waals surface area contributed by atoms with Gasteiger partial charge >= 0.3 is 5.97 Å². The maximum Gasteiger partial charge on any atom is 0.305 e. The van der Waals surface area contributed by atoms with Gasteiger partial charge in [-0.1, -0.05) is 0 Å². The molecular formula is C9H11N5O2. The molecule has 2 aromatic rings. The van der Waals surface area contributed by atoms with Crippen molar-refractivity contribution in [2.24, 2.45) is 0 Å². The lowest BCUT2D eigenvalue weighted by Crippen LogP contribution is -2.22. The molecule has 2 aromatic heterocycles. The molecule has 0 atom stereocenters. The molecule has 0 aromatic carbocycles. The number of carboxylic acid groups (broad SMARTS) is 1. The Kier molecular flexibility index (Phi) is 2.67. The van der Waals surface area contributed by atoms with Crippen LogP contribution < -0.4 is 4.90 Å². The third kappa shape index (κ3) is 1.92. The average Bonchev–Trinajstić information content (AvgIpc) is 2.73. The molecule has 84 valence electrons. The Morgan fingerprint density at radius 2 is 2.44 bits per heavy atom. The molecule has 1 N–H and O–H groups in total. The van der Waals surface area contributed by atoms with Crippen molar-refractivity contribution < 1.29 is 9.90 Å². The van der Waals surface area contributed by atoms with E-state index in [1.54, 1.807) is 35.1 Å². The smallest absolute Gasteiger partial charge is 0.305 e. The molecule has 2 rings (SSSR count). The normalized spacial score (nSPS) is 10.6. The lowest BCUT2D eigenvalue weighted by Gasteiger charge is -2.16. The maximum absolute atomic E-state index is 10.5. The third-order valence-corrected chi connectivity index (χ3v) is 2.22. The van der Waals surface area contributed by atoms with Crippen LogP contribution in [0.2, 0.25) is 0 Å². The monoisotopic (exact) mass is 221 g/mol. The molecule has 0 saturated carbocycles. The summed E-state index contributed by atoms with van der Waals surface area (Å²) in [4.78, 5) is 16.4. The van der Waals surface area contributed by atoms with Crippen molar-refractivity contribution in [2.45, 2.75) is 6.42 Å². The van der Waals surface area contributed by atoms with Gasteiger partial charge in [0.2, 0.25) is 5.65 Å². The SMILES string of the molecule is CN(CCC(=O)O)c1nccn2cnnc12. The van der Waals surface area contributed by atoms with E-state index in [1.807, 2.05) is 0 Å². The van der Waals surface area contributed by atoms with E-state index < -0.39 is 5.97 Å². The lowest BCUT2D eigenvalue weighted by atomic mass is 10.4. The number of carboxylic acids is 1. The van der Waals surface area contributed by atoms with E-state index in [-0.39, 0.29) is 6.42 Å². The van der Waals surface area contributed by atoms with Crippen LogP contribution in [0, 0.1) is 0 Å². The summed E-state index contributed by atoms with van der Waals surface area (Å²) in [6.45, 7) is 0.384. The van der Waals surface area contributed by atoms with Crippen molar-refractivity contribution in [1.82, 2.24) is 19.6 Å². The van der Waals surface area contributed by atoms with Crippen LogP contribution in [0.15, 0.2) is 18.7 Å². The summed E-state index contributed by atoms with van der Waals surface area (Å²) in [5.41, 5.74) is 0.621. The first-order valence-electron chi connectivity index (χ1n) is 4.76. The number of rotatable bonds is 4. The Hall–Kier alpha value is -2.18. The van der Waals surface area contributed by atoms with Crippen molar-refractivity contribution in [3.05, 3.63) is 18.7 Å². The lowest BCUT2D eigenvalue weighted by molar-refractivity contribution is -0.136. The van der Waals surface area contributed by atoms with E-state index in [0.29, 0.717) is 18.0 Å². The minimum Gasteiger partial charge on any atom is -0.481 e. The first-order chi connectivity index (χ1) is 7.68. The third-order valence-electron chi connectivity index (χ3n) is 2.22. The van der Waals surface area contributed by atoms with Crippen LogP contribution in [-0.2, 0) is 4.79 Å². The highest BCUT2D eigenvalue weighted by atomic mass is 16.4. The molecule has 0 radical (unpaired) electrons. The van der Waals surface area contributed by atoms with Gasteiger partial charge in [0.1, 0.15) is 6.33 Å². The predicted molar refractivity (Wildman–Crippen MR) is 56.3 cm³/mol. The molecule has 0 saturated heterocycles. The molecule has 0 unspecified atom stereocenters. The van der Waals surface area contributed by atoms with Crippen molar-refractivity contribution in [3.63, 3.8) is 0 Å². The van der Waals surface area contributed by atoms with E-state index in [1.165, 1.54) is 0 Å². The van der Waals surface area contributed by atoms with Gasteiger partial charge in [-0.15, -0.1) is 10.2 Å². The van der Waals surface area contributed by atoms with Crippen LogP contribution in [0.5, 0.6) is 0 Å². The van der Waals surface area contributed by atoms with Gasteiger partial charge in [0.25, 0.3) is 0 Å². The van der Waals surface area contributed by atoms with E-state index in [9.17, 15) is 4.79 Å². The molecule has 0 fully saturated rings. The van der Waals surface area contributed by atoms with Gasteiger partial charge in [0, 0.05) is 26.0 Å². The number of aliphatic carboxylic acids is 1. The highest BCUT2D eigenvalue weighted by molar-refractivity contribution is 5.68. The van der Waals surface area contributed by atoms with Crippen molar-refractivity contribution >= 4 is 17.4 Å². The van der Waals surface area contributed by atoms with Gasteiger partial charge in [-0.3, -0.25) is 9.20 Å². The van der Waals surface area contributed by atoms with Crippen LogP contribution in [0.25, 0.3) is 5.65 Å². The Bertz CT molecular complexity index is 509. The Morgan fingerprint density at radius 1 is 1.62 bits per heavy atom. The van der Waals surface area contributed by atoms with Gasteiger partial charge < -0.3 is 10.0 Å². The highest BCUT2D eigenvalue weighted by Gasteiger charge is 2.10. The summed E-state index contributed by atoms with van der Waals surface area (Å²) >= 11 is 0. The first kappa shape index (κ1) is 10.3. The van der Waals surface area contributed by atoms with Crippen molar-refractivity contribution in [1.29, 1.82) is 0 Å². The van der Waals surface area contributed by atoms with Crippen LogP contribution in [0.4, 0.5) is 5.82 Å². The Labute approximate surface area is 91.4 Å². The fraction of sp³-hybridized carbons (Fsp3) is 0.333. The predicted octanol–water partition coefficient (Wildman–Crippen LogP) is 0.0352. The molecule has 0 amide bonds. The summed E-state index contributed by atoms with van der Waals surface area (Å²) in [6, 6.07) is 0.